The third-order valence-corrected chi connectivity index (χ3v) is 3.01. The van der Waals surface area contributed by atoms with Gasteiger partial charge in [0.2, 0.25) is 0 Å². The highest BCUT2D eigenvalue weighted by atomic mass is 32.2. The van der Waals surface area contributed by atoms with Gasteiger partial charge in [-0.3, -0.25) is 0 Å². The second-order valence-electron chi connectivity index (χ2n) is 3.25. The first-order valence-electron chi connectivity index (χ1n) is 4.07. The van der Waals surface area contributed by atoms with Crippen molar-refractivity contribution < 1.29 is 12.8 Å². The van der Waals surface area contributed by atoms with Crippen LogP contribution in [0, 0.1) is 5.82 Å². The summed E-state index contributed by atoms with van der Waals surface area (Å²) >= 11 is 0. The lowest BCUT2D eigenvalue weighted by Crippen LogP contribution is -2.07. The minimum absolute atomic E-state index is 0.290. The van der Waals surface area contributed by atoms with Gasteiger partial charge in [0, 0.05) is 12.3 Å². The third-order valence-electron chi connectivity index (χ3n) is 1.88. The number of halogens is 1. The van der Waals surface area contributed by atoms with Gasteiger partial charge in [-0.05, 0) is 24.6 Å². The fourth-order valence-corrected chi connectivity index (χ4v) is 1.83. The number of sulfone groups is 1. The summed E-state index contributed by atoms with van der Waals surface area (Å²) < 4.78 is 35.4. The molecule has 0 saturated heterocycles. The Hall–Kier alpha value is -0.940. The van der Waals surface area contributed by atoms with Crippen LogP contribution in [-0.4, -0.2) is 14.7 Å². The molecule has 1 rings (SSSR count). The molecule has 0 aromatic heterocycles. The van der Waals surface area contributed by atoms with Crippen LogP contribution in [0.25, 0.3) is 0 Å². The highest BCUT2D eigenvalue weighted by Crippen LogP contribution is 2.18. The van der Waals surface area contributed by atoms with E-state index in [0.717, 1.165) is 12.3 Å². The van der Waals surface area contributed by atoms with Crippen LogP contribution in [0.4, 0.5) is 4.39 Å². The molecule has 0 bridgehead atoms. The smallest absolute Gasteiger partial charge is 0.178 e. The molecule has 0 aliphatic carbocycles. The second-order valence-corrected chi connectivity index (χ2v) is 5.23. The molecule has 14 heavy (non-hydrogen) atoms. The predicted molar refractivity (Wildman–Crippen MR) is 52.1 cm³/mol. The SMILES string of the molecule is CC(N)c1ccc(S(C)(=O)=O)c(F)c1. The minimum Gasteiger partial charge on any atom is -0.324 e. The maximum absolute atomic E-state index is 13.3. The molecule has 0 saturated carbocycles. The second kappa shape index (κ2) is 3.67. The van der Waals surface area contributed by atoms with Crippen molar-refractivity contribution in [3.05, 3.63) is 29.6 Å². The first-order valence-corrected chi connectivity index (χ1v) is 5.96. The summed E-state index contributed by atoms with van der Waals surface area (Å²) in [5.74, 6) is -0.748. The van der Waals surface area contributed by atoms with Crippen LogP contribution < -0.4 is 5.73 Å². The van der Waals surface area contributed by atoms with E-state index in [2.05, 4.69) is 0 Å². The summed E-state index contributed by atoms with van der Waals surface area (Å²) in [5, 5.41) is 0. The van der Waals surface area contributed by atoms with Crippen LogP contribution in [-0.2, 0) is 9.84 Å². The summed E-state index contributed by atoms with van der Waals surface area (Å²) in [4.78, 5) is -0.290. The molecule has 1 atom stereocenters. The lowest BCUT2D eigenvalue weighted by molar-refractivity contribution is 0.568. The molecule has 78 valence electrons. The molecule has 0 radical (unpaired) electrons. The molecular weight excluding hydrogens is 205 g/mol. The Balaban J connectivity index is 3.28. The zero-order valence-corrected chi connectivity index (χ0v) is 8.81. The standard InChI is InChI=1S/C9H12FNO2S/c1-6(11)7-3-4-9(8(10)5-7)14(2,12)13/h3-6H,11H2,1-2H3. The molecule has 0 amide bonds. The summed E-state index contributed by atoms with van der Waals surface area (Å²) in [6.45, 7) is 1.70. The van der Waals surface area contributed by atoms with Crippen molar-refractivity contribution in [1.82, 2.24) is 0 Å². The summed E-state index contributed by atoms with van der Waals surface area (Å²) in [6, 6.07) is 3.60. The number of rotatable bonds is 2. The average Bonchev–Trinajstić information content (AvgIpc) is 2.01. The van der Waals surface area contributed by atoms with Gasteiger partial charge in [0.1, 0.15) is 10.7 Å². The van der Waals surface area contributed by atoms with Crippen LogP contribution in [0.2, 0.25) is 0 Å². The lowest BCUT2D eigenvalue weighted by Gasteiger charge is -2.07. The van der Waals surface area contributed by atoms with Crippen LogP contribution in [0.5, 0.6) is 0 Å². The Labute approximate surface area is 82.7 Å². The Morgan fingerprint density at radius 2 is 2.00 bits per heavy atom. The Morgan fingerprint density at radius 3 is 2.36 bits per heavy atom. The van der Waals surface area contributed by atoms with Gasteiger partial charge in [-0.15, -0.1) is 0 Å². The van der Waals surface area contributed by atoms with E-state index in [9.17, 15) is 12.8 Å². The van der Waals surface area contributed by atoms with Crippen LogP contribution in [0.1, 0.15) is 18.5 Å². The van der Waals surface area contributed by atoms with Crippen molar-refractivity contribution in [3.63, 3.8) is 0 Å². The molecule has 0 aliphatic heterocycles. The van der Waals surface area contributed by atoms with Crippen molar-refractivity contribution >= 4 is 9.84 Å². The van der Waals surface area contributed by atoms with E-state index in [1.165, 1.54) is 12.1 Å². The van der Waals surface area contributed by atoms with E-state index in [0.29, 0.717) is 5.56 Å². The van der Waals surface area contributed by atoms with Gasteiger partial charge < -0.3 is 5.73 Å². The first-order chi connectivity index (χ1) is 6.32. The minimum atomic E-state index is -3.49. The van der Waals surface area contributed by atoms with Crippen molar-refractivity contribution in [1.29, 1.82) is 0 Å². The summed E-state index contributed by atoms with van der Waals surface area (Å²) in [5.41, 5.74) is 6.10. The van der Waals surface area contributed by atoms with E-state index >= 15 is 0 Å². The maximum atomic E-state index is 13.3. The first kappa shape index (κ1) is 11.1. The Bertz CT molecular complexity index is 440. The molecule has 2 N–H and O–H groups in total. The molecule has 3 nitrogen and oxygen atoms in total. The lowest BCUT2D eigenvalue weighted by atomic mass is 10.1. The number of benzene rings is 1. The molecule has 0 aliphatic rings. The van der Waals surface area contributed by atoms with E-state index in [4.69, 9.17) is 5.73 Å². The summed E-state index contributed by atoms with van der Waals surface area (Å²) in [6.07, 6.45) is 0.969. The van der Waals surface area contributed by atoms with Crippen LogP contribution in [0.3, 0.4) is 0 Å². The van der Waals surface area contributed by atoms with E-state index in [1.807, 2.05) is 0 Å². The van der Waals surface area contributed by atoms with Crippen molar-refractivity contribution in [2.45, 2.75) is 17.9 Å². The van der Waals surface area contributed by atoms with Gasteiger partial charge in [-0.25, -0.2) is 12.8 Å². The van der Waals surface area contributed by atoms with Crippen LogP contribution >= 0.6 is 0 Å². The van der Waals surface area contributed by atoms with E-state index in [-0.39, 0.29) is 10.9 Å². The highest BCUT2D eigenvalue weighted by molar-refractivity contribution is 7.90. The molecule has 0 fully saturated rings. The maximum Gasteiger partial charge on any atom is 0.178 e. The molecule has 0 heterocycles. The van der Waals surface area contributed by atoms with Gasteiger partial charge in [0.15, 0.2) is 9.84 Å². The monoisotopic (exact) mass is 217 g/mol. The molecular formula is C9H12FNO2S. The van der Waals surface area contributed by atoms with Crippen LogP contribution in [0.15, 0.2) is 23.1 Å². The largest absolute Gasteiger partial charge is 0.324 e. The van der Waals surface area contributed by atoms with Crippen molar-refractivity contribution in [3.8, 4) is 0 Å². The Kier molecular flexibility index (Phi) is 2.92. The zero-order valence-electron chi connectivity index (χ0n) is 7.99. The molecule has 0 spiro atoms. The van der Waals surface area contributed by atoms with E-state index < -0.39 is 15.7 Å². The van der Waals surface area contributed by atoms with Gasteiger partial charge >= 0.3 is 0 Å². The highest BCUT2D eigenvalue weighted by Gasteiger charge is 2.14. The Morgan fingerprint density at radius 1 is 1.43 bits per heavy atom. The van der Waals surface area contributed by atoms with Gasteiger partial charge in [-0.2, -0.15) is 0 Å². The third kappa shape index (κ3) is 2.30. The number of nitrogens with two attached hydrogens (primary N) is 1. The van der Waals surface area contributed by atoms with Gasteiger partial charge in [0.25, 0.3) is 0 Å². The average molecular weight is 217 g/mol. The molecule has 1 unspecified atom stereocenters. The topological polar surface area (TPSA) is 60.2 Å². The van der Waals surface area contributed by atoms with Crippen molar-refractivity contribution in [2.24, 2.45) is 5.73 Å². The number of hydrogen-bond donors (Lipinski definition) is 1. The quantitative estimate of drug-likeness (QED) is 0.811. The molecule has 5 heteroatoms. The number of hydrogen-bond acceptors (Lipinski definition) is 3. The van der Waals surface area contributed by atoms with Crippen molar-refractivity contribution in [2.75, 3.05) is 6.26 Å². The fraction of sp³-hybridized carbons (Fsp3) is 0.333. The van der Waals surface area contributed by atoms with Gasteiger partial charge in [0.05, 0.1) is 0 Å². The zero-order chi connectivity index (χ0) is 10.9. The van der Waals surface area contributed by atoms with E-state index in [1.54, 1.807) is 6.92 Å². The normalized spacial score (nSPS) is 14.0. The summed E-state index contributed by atoms with van der Waals surface area (Å²) in [7, 11) is -3.49. The fourth-order valence-electron chi connectivity index (χ4n) is 1.10. The molecule has 1 aromatic rings. The molecule has 1 aromatic carbocycles. The van der Waals surface area contributed by atoms with Gasteiger partial charge in [-0.1, -0.05) is 6.07 Å². The predicted octanol–water partition coefficient (Wildman–Crippen LogP) is 1.25.